The van der Waals surface area contributed by atoms with Gasteiger partial charge in [-0.05, 0) is 43.3 Å². The van der Waals surface area contributed by atoms with E-state index in [0.29, 0.717) is 32.2 Å². The predicted octanol–water partition coefficient (Wildman–Crippen LogP) is 5.42. The number of halogens is 2. The highest BCUT2D eigenvalue weighted by atomic mass is 35.5. The molecular weight excluding hydrogens is 429 g/mol. The minimum atomic E-state index is -1.17. The Kier molecular flexibility index (Phi) is 5.34. The van der Waals surface area contributed by atoms with Crippen LogP contribution in [0, 0.1) is 6.92 Å². The summed E-state index contributed by atoms with van der Waals surface area (Å²) < 4.78 is 19.0. The van der Waals surface area contributed by atoms with Crippen LogP contribution >= 0.6 is 23.2 Å². The molecule has 0 saturated heterocycles. The third-order valence-corrected chi connectivity index (χ3v) is 6.27. The van der Waals surface area contributed by atoms with Gasteiger partial charge >= 0.3 is 0 Å². The molecule has 4 aromatic rings. The second kappa shape index (κ2) is 7.78. The number of nitrogens with zero attached hydrogens (tertiary/aromatic N) is 3. The SMILES string of the molecule is COc1ccc(-c2nc3nc(C)ccn3c2-c2ccc(S(C)=O)c(Cl)c2)cc1Cl. The van der Waals surface area contributed by atoms with Gasteiger partial charge in [-0.1, -0.05) is 29.3 Å². The van der Waals surface area contributed by atoms with Gasteiger partial charge in [-0.15, -0.1) is 0 Å². The Hall–Kier alpha value is -2.41. The molecule has 0 spiro atoms. The number of benzene rings is 2. The molecule has 29 heavy (non-hydrogen) atoms. The molecule has 2 heterocycles. The fourth-order valence-corrected chi connectivity index (χ4v) is 4.55. The standard InChI is InChI=1S/C21H17Cl2N3O2S/c1-12-8-9-26-20(14-5-7-18(29(3)27)16(23)11-14)19(25-21(26)24-12)13-4-6-17(28-2)15(22)10-13/h4-11H,1-3H3. The van der Waals surface area contributed by atoms with Crippen LogP contribution in [0.4, 0.5) is 0 Å². The molecule has 0 saturated carbocycles. The summed E-state index contributed by atoms with van der Waals surface area (Å²) in [6.45, 7) is 1.92. The Morgan fingerprint density at radius 3 is 2.38 bits per heavy atom. The smallest absolute Gasteiger partial charge is 0.235 e. The van der Waals surface area contributed by atoms with E-state index in [-0.39, 0.29) is 0 Å². The Labute approximate surface area is 180 Å². The van der Waals surface area contributed by atoms with Crippen molar-refractivity contribution in [2.75, 3.05) is 13.4 Å². The van der Waals surface area contributed by atoms with Crippen LogP contribution < -0.4 is 4.74 Å². The quantitative estimate of drug-likeness (QED) is 0.420. The van der Waals surface area contributed by atoms with Crippen LogP contribution in [0.2, 0.25) is 10.0 Å². The number of fused-ring (bicyclic) bond motifs is 1. The Morgan fingerprint density at radius 2 is 1.72 bits per heavy atom. The van der Waals surface area contributed by atoms with E-state index in [2.05, 4.69) is 4.98 Å². The number of methoxy groups -OCH3 is 1. The molecule has 0 aliphatic heterocycles. The number of imidazole rings is 1. The normalized spacial score (nSPS) is 12.3. The van der Waals surface area contributed by atoms with Gasteiger partial charge in [0.2, 0.25) is 5.78 Å². The van der Waals surface area contributed by atoms with E-state index >= 15 is 0 Å². The molecule has 0 aliphatic carbocycles. The molecule has 0 N–H and O–H groups in total. The average molecular weight is 446 g/mol. The third-order valence-electron chi connectivity index (χ3n) is 4.57. The fourth-order valence-electron chi connectivity index (χ4n) is 3.19. The van der Waals surface area contributed by atoms with Crippen LogP contribution in [-0.2, 0) is 10.8 Å². The maximum Gasteiger partial charge on any atom is 0.235 e. The van der Waals surface area contributed by atoms with Crippen molar-refractivity contribution in [1.29, 1.82) is 0 Å². The van der Waals surface area contributed by atoms with Crippen LogP contribution in [0.1, 0.15) is 5.69 Å². The highest BCUT2D eigenvalue weighted by Crippen LogP contribution is 2.37. The second-order valence-electron chi connectivity index (χ2n) is 6.50. The van der Waals surface area contributed by atoms with Crippen LogP contribution in [0.25, 0.3) is 28.3 Å². The molecule has 1 atom stereocenters. The zero-order valence-electron chi connectivity index (χ0n) is 15.9. The highest BCUT2D eigenvalue weighted by Gasteiger charge is 2.19. The third kappa shape index (κ3) is 3.64. The summed E-state index contributed by atoms with van der Waals surface area (Å²) in [6.07, 6.45) is 3.53. The molecule has 5 nitrogen and oxygen atoms in total. The second-order valence-corrected chi connectivity index (χ2v) is 8.66. The fraction of sp³-hybridized carbons (Fsp3) is 0.143. The first-order chi connectivity index (χ1) is 13.9. The van der Waals surface area contributed by atoms with Crippen molar-refractivity contribution in [2.45, 2.75) is 11.8 Å². The first kappa shape index (κ1) is 19.9. The van der Waals surface area contributed by atoms with Crippen molar-refractivity contribution in [3.8, 4) is 28.3 Å². The number of ether oxygens (including phenoxy) is 1. The van der Waals surface area contributed by atoms with E-state index < -0.39 is 10.8 Å². The van der Waals surface area contributed by atoms with Crippen LogP contribution in [0.15, 0.2) is 53.6 Å². The topological polar surface area (TPSA) is 56.5 Å². The number of aromatic nitrogens is 3. The lowest BCUT2D eigenvalue weighted by molar-refractivity contribution is 0.415. The Balaban J connectivity index is 2.00. The van der Waals surface area contributed by atoms with Crippen LogP contribution in [-0.4, -0.2) is 31.9 Å². The van der Waals surface area contributed by atoms with Gasteiger partial charge in [0, 0.05) is 29.3 Å². The van der Waals surface area contributed by atoms with Gasteiger partial charge in [0.05, 0.1) is 44.2 Å². The molecule has 0 radical (unpaired) electrons. The first-order valence-electron chi connectivity index (χ1n) is 8.72. The van der Waals surface area contributed by atoms with E-state index in [4.69, 9.17) is 32.9 Å². The van der Waals surface area contributed by atoms with E-state index in [9.17, 15) is 4.21 Å². The minimum absolute atomic E-state index is 0.442. The summed E-state index contributed by atoms with van der Waals surface area (Å²) in [7, 11) is 0.402. The maximum absolute atomic E-state index is 11.9. The van der Waals surface area contributed by atoms with Crippen molar-refractivity contribution in [2.24, 2.45) is 0 Å². The van der Waals surface area contributed by atoms with Crippen molar-refractivity contribution in [1.82, 2.24) is 14.4 Å². The lowest BCUT2D eigenvalue weighted by Crippen LogP contribution is -1.94. The van der Waals surface area contributed by atoms with Gasteiger partial charge in [0.15, 0.2) is 0 Å². The van der Waals surface area contributed by atoms with E-state index in [1.54, 1.807) is 31.6 Å². The van der Waals surface area contributed by atoms with Gasteiger partial charge in [-0.25, -0.2) is 9.97 Å². The highest BCUT2D eigenvalue weighted by molar-refractivity contribution is 7.84. The van der Waals surface area contributed by atoms with Crippen LogP contribution in [0.3, 0.4) is 0 Å². The van der Waals surface area contributed by atoms with E-state index in [0.717, 1.165) is 22.5 Å². The van der Waals surface area contributed by atoms with Crippen molar-refractivity contribution in [3.63, 3.8) is 0 Å². The molecule has 2 aromatic heterocycles. The molecule has 0 amide bonds. The molecule has 1 unspecified atom stereocenters. The average Bonchev–Trinajstić information content (AvgIpc) is 3.06. The summed E-state index contributed by atoms with van der Waals surface area (Å²) >= 11 is 12.8. The molecule has 0 bridgehead atoms. The van der Waals surface area contributed by atoms with E-state index in [1.165, 1.54) is 0 Å². The summed E-state index contributed by atoms with van der Waals surface area (Å²) in [4.78, 5) is 9.89. The Morgan fingerprint density at radius 1 is 1.00 bits per heavy atom. The maximum atomic E-state index is 11.9. The molecule has 8 heteroatoms. The van der Waals surface area contributed by atoms with Crippen molar-refractivity contribution in [3.05, 3.63) is 64.4 Å². The first-order valence-corrected chi connectivity index (χ1v) is 11.0. The zero-order valence-corrected chi connectivity index (χ0v) is 18.3. The number of aryl methyl sites for hydroxylation is 1. The lowest BCUT2D eigenvalue weighted by atomic mass is 10.0. The van der Waals surface area contributed by atoms with Gasteiger partial charge < -0.3 is 4.74 Å². The molecule has 4 rings (SSSR count). The van der Waals surface area contributed by atoms with Crippen molar-refractivity contribution >= 4 is 39.8 Å². The molecule has 2 aromatic carbocycles. The van der Waals surface area contributed by atoms with Gasteiger partial charge in [0.25, 0.3) is 0 Å². The van der Waals surface area contributed by atoms with Crippen LogP contribution in [0.5, 0.6) is 5.75 Å². The summed E-state index contributed by atoms with van der Waals surface area (Å²) in [6, 6.07) is 12.9. The zero-order chi connectivity index (χ0) is 20.7. The van der Waals surface area contributed by atoms with Gasteiger partial charge in [0.1, 0.15) is 5.75 Å². The van der Waals surface area contributed by atoms with Gasteiger partial charge in [-0.3, -0.25) is 8.61 Å². The molecular formula is C21H17Cl2N3O2S. The Bertz CT molecular complexity index is 1270. The monoisotopic (exact) mass is 445 g/mol. The summed E-state index contributed by atoms with van der Waals surface area (Å²) in [5.41, 5.74) is 4.07. The lowest BCUT2D eigenvalue weighted by Gasteiger charge is -2.09. The van der Waals surface area contributed by atoms with E-state index in [1.807, 2.05) is 41.8 Å². The van der Waals surface area contributed by atoms with Crippen molar-refractivity contribution < 1.29 is 8.95 Å². The molecule has 148 valence electrons. The number of rotatable bonds is 4. The molecule has 0 fully saturated rings. The minimum Gasteiger partial charge on any atom is -0.495 e. The predicted molar refractivity (Wildman–Crippen MR) is 118 cm³/mol. The van der Waals surface area contributed by atoms with Gasteiger partial charge in [-0.2, -0.15) is 0 Å². The number of hydrogen-bond acceptors (Lipinski definition) is 4. The number of hydrogen-bond donors (Lipinski definition) is 0. The molecule has 0 aliphatic rings. The summed E-state index contributed by atoms with van der Waals surface area (Å²) in [5, 5.41) is 0.934. The largest absolute Gasteiger partial charge is 0.495 e. The summed E-state index contributed by atoms with van der Waals surface area (Å²) in [5.74, 6) is 1.16.